The predicted molar refractivity (Wildman–Crippen MR) is 55.3 cm³/mol. The number of benzene rings is 1. The van der Waals surface area contributed by atoms with Crippen LogP contribution in [0.4, 0.5) is 4.39 Å². The number of aryl methyl sites for hydroxylation is 1. The molecule has 1 aromatic carbocycles. The van der Waals surface area contributed by atoms with Crippen molar-refractivity contribution in [2.45, 2.75) is 0 Å². The van der Waals surface area contributed by atoms with Crippen molar-refractivity contribution in [3.63, 3.8) is 0 Å². The Kier molecular flexibility index (Phi) is 2.36. The molecule has 0 bridgehead atoms. The van der Waals surface area contributed by atoms with Crippen LogP contribution in [0.15, 0.2) is 24.4 Å². The molecule has 2 aromatic rings. The molecule has 0 aliphatic rings. The van der Waals surface area contributed by atoms with Crippen molar-refractivity contribution in [1.82, 2.24) is 9.55 Å². The highest BCUT2D eigenvalue weighted by atomic mass is 35.5. The summed E-state index contributed by atoms with van der Waals surface area (Å²) < 4.78 is 14.5. The summed E-state index contributed by atoms with van der Waals surface area (Å²) >= 11 is 5.65. The van der Waals surface area contributed by atoms with E-state index in [0.717, 1.165) is 0 Å². The van der Waals surface area contributed by atoms with Crippen LogP contribution in [0.2, 0.25) is 5.02 Å². The zero-order chi connectivity index (χ0) is 11.0. The lowest BCUT2D eigenvalue weighted by atomic mass is 10.2. The zero-order valence-corrected chi connectivity index (χ0v) is 8.66. The number of aromatic hydroxyl groups is 1. The molecule has 5 heteroatoms. The van der Waals surface area contributed by atoms with Gasteiger partial charge in [-0.1, -0.05) is 11.6 Å². The Morgan fingerprint density at radius 1 is 1.47 bits per heavy atom. The number of rotatable bonds is 1. The Bertz CT molecular complexity index is 510. The molecule has 3 nitrogen and oxygen atoms in total. The SMILES string of the molecule is Cn1cc(O)nc1-c1ccc(F)c(Cl)c1. The van der Waals surface area contributed by atoms with Crippen LogP contribution in [0, 0.1) is 5.82 Å². The molecular formula is C10H8ClFN2O. The number of hydrogen-bond donors (Lipinski definition) is 1. The maximum Gasteiger partial charge on any atom is 0.229 e. The largest absolute Gasteiger partial charge is 0.492 e. The summed E-state index contributed by atoms with van der Waals surface area (Å²) in [6.07, 6.45) is 1.46. The normalized spacial score (nSPS) is 10.6. The lowest BCUT2D eigenvalue weighted by Crippen LogP contribution is -1.91. The smallest absolute Gasteiger partial charge is 0.229 e. The molecular weight excluding hydrogens is 219 g/mol. The molecule has 0 saturated carbocycles. The van der Waals surface area contributed by atoms with Crippen LogP contribution in [0.1, 0.15) is 0 Å². The van der Waals surface area contributed by atoms with Gasteiger partial charge in [0, 0.05) is 12.6 Å². The Morgan fingerprint density at radius 3 is 2.73 bits per heavy atom. The fourth-order valence-electron chi connectivity index (χ4n) is 1.35. The van der Waals surface area contributed by atoms with Crippen LogP contribution in [0.5, 0.6) is 5.88 Å². The van der Waals surface area contributed by atoms with Gasteiger partial charge in [-0.25, -0.2) is 4.39 Å². The van der Waals surface area contributed by atoms with Gasteiger partial charge in [-0.2, -0.15) is 4.98 Å². The van der Waals surface area contributed by atoms with E-state index in [4.69, 9.17) is 11.6 Å². The van der Waals surface area contributed by atoms with E-state index in [0.29, 0.717) is 11.4 Å². The third-order valence-electron chi connectivity index (χ3n) is 2.04. The molecule has 0 atom stereocenters. The molecule has 0 fully saturated rings. The van der Waals surface area contributed by atoms with Gasteiger partial charge in [-0.15, -0.1) is 0 Å². The maximum atomic E-state index is 12.9. The highest BCUT2D eigenvalue weighted by Crippen LogP contribution is 2.25. The highest BCUT2D eigenvalue weighted by molar-refractivity contribution is 6.31. The average molecular weight is 227 g/mol. The van der Waals surface area contributed by atoms with Crippen LogP contribution in [0.25, 0.3) is 11.4 Å². The highest BCUT2D eigenvalue weighted by Gasteiger charge is 2.09. The van der Waals surface area contributed by atoms with Crippen molar-refractivity contribution in [2.24, 2.45) is 7.05 Å². The molecule has 0 radical (unpaired) electrons. The van der Waals surface area contributed by atoms with E-state index >= 15 is 0 Å². The first-order valence-electron chi connectivity index (χ1n) is 4.25. The van der Waals surface area contributed by atoms with Crippen molar-refractivity contribution in [2.75, 3.05) is 0 Å². The molecule has 0 spiro atoms. The minimum atomic E-state index is -0.473. The molecule has 0 aliphatic heterocycles. The monoisotopic (exact) mass is 226 g/mol. The number of nitrogens with zero attached hydrogens (tertiary/aromatic N) is 2. The molecule has 0 amide bonds. The molecule has 1 N–H and O–H groups in total. The van der Waals surface area contributed by atoms with Crippen molar-refractivity contribution < 1.29 is 9.50 Å². The third kappa shape index (κ3) is 1.80. The summed E-state index contributed by atoms with van der Waals surface area (Å²) in [7, 11) is 1.74. The molecule has 2 rings (SSSR count). The van der Waals surface area contributed by atoms with Gasteiger partial charge in [0.05, 0.1) is 11.2 Å². The van der Waals surface area contributed by atoms with Crippen molar-refractivity contribution in [3.8, 4) is 17.3 Å². The van der Waals surface area contributed by atoms with E-state index in [-0.39, 0.29) is 10.9 Å². The van der Waals surface area contributed by atoms with Gasteiger partial charge in [-0.05, 0) is 18.2 Å². The maximum absolute atomic E-state index is 12.9. The number of hydrogen-bond acceptors (Lipinski definition) is 2. The fraction of sp³-hybridized carbons (Fsp3) is 0.100. The first-order chi connectivity index (χ1) is 7.08. The van der Waals surface area contributed by atoms with Crippen LogP contribution in [-0.4, -0.2) is 14.7 Å². The number of halogens is 2. The van der Waals surface area contributed by atoms with Crippen molar-refractivity contribution in [1.29, 1.82) is 0 Å². The Morgan fingerprint density at radius 2 is 2.20 bits per heavy atom. The summed E-state index contributed by atoms with van der Waals surface area (Å²) in [5, 5.41) is 9.22. The predicted octanol–water partition coefficient (Wildman–Crippen LogP) is 2.59. The van der Waals surface area contributed by atoms with E-state index in [2.05, 4.69) is 4.98 Å². The molecule has 78 valence electrons. The minimum Gasteiger partial charge on any atom is -0.492 e. The molecule has 0 unspecified atom stereocenters. The Balaban J connectivity index is 2.54. The van der Waals surface area contributed by atoms with Gasteiger partial charge in [0.2, 0.25) is 5.88 Å². The van der Waals surface area contributed by atoms with Crippen LogP contribution in [0.3, 0.4) is 0 Å². The summed E-state index contributed by atoms with van der Waals surface area (Å²) in [6, 6.07) is 4.30. The van der Waals surface area contributed by atoms with Crippen LogP contribution in [-0.2, 0) is 7.05 Å². The first kappa shape index (κ1) is 9.98. The van der Waals surface area contributed by atoms with Gasteiger partial charge < -0.3 is 9.67 Å². The van der Waals surface area contributed by atoms with E-state index in [1.54, 1.807) is 17.7 Å². The summed E-state index contributed by atoms with van der Waals surface area (Å²) in [5.74, 6) is -0.0128. The lowest BCUT2D eigenvalue weighted by Gasteiger charge is -2.02. The van der Waals surface area contributed by atoms with E-state index < -0.39 is 5.82 Å². The fourth-order valence-corrected chi connectivity index (χ4v) is 1.53. The Labute approximate surface area is 90.8 Å². The second kappa shape index (κ2) is 3.55. The summed E-state index contributed by atoms with van der Waals surface area (Å²) in [5.41, 5.74) is 0.657. The quantitative estimate of drug-likeness (QED) is 0.812. The number of imidazole rings is 1. The molecule has 1 heterocycles. The zero-order valence-electron chi connectivity index (χ0n) is 7.91. The second-order valence-corrected chi connectivity index (χ2v) is 3.57. The van der Waals surface area contributed by atoms with Gasteiger partial charge in [-0.3, -0.25) is 0 Å². The van der Waals surface area contributed by atoms with E-state index in [1.807, 2.05) is 0 Å². The molecule has 0 aliphatic carbocycles. The van der Waals surface area contributed by atoms with Crippen molar-refractivity contribution in [3.05, 3.63) is 35.2 Å². The average Bonchev–Trinajstić information content (AvgIpc) is 2.50. The first-order valence-corrected chi connectivity index (χ1v) is 4.63. The van der Waals surface area contributed by atoms with Crippen LogP contribution < -0.4 is 0 Å². The van der Waals surface area contributed by atoms with Crippen molar-refractivity contribution >= 4 is 11.6 Å². The standard InChI is InChI=1S/C10H8ClFN2O/c1-14-5-9(15)13-10(14)6-2-3-8(12)7(11)4-6/h2-5,15H,1H3. The van der Waals surface area contributed by atoms with Crippen LogP contribution >= 0.6 is 11.6 Å². The Hall–Kier alpha value is -1.55. The molecule has 15 heavy (non-hydrogen) atoms. The lowest BCUT2D eigenvalue weighted by molar-refractivity contribution is 0.456. The number of aromatic nitrogens is 2. The van der Waals surface area contributed by atoms with E-state index in [9.17, 15) is 9.50 Å². The van der Waals surface area contributed by atoms with Gasteiger partial charge in [0.1, 0.15) is 11.6 Å². The minimum absolute atomic E-state index is 0.0370. The van der Waals surface area contributed by atoms with Gasteiger partial charge >= 0.3 is 0 Å². The third-order valence-corrected chi connectivity index (χ3v) is 2.33. The van der Waals surface area contributed by atoms with Gasteiger partial charge in [0.25, 0.3) is 0 Å². The summed E-state index contributed by atoms with van der Waals surface area (Å²) in [6.45, 7) is 0. The summed E-state index contributed by atoms with van der Waals surface area (Å²) in [4.78, 5) is 3.89. The second-order valence-electron chi connectivity index (χ2n) is 3.16. The molecule has 0 saturated heterocycles. The molecule has 1 aromatic heterocycles. The topological polar surface area (TPSA) is 38.0 Å². The van der Waals surface area contributed by atoms with E-state index in [1.165, 1.54) is 18.3 Å². The van der Waals surface area contributed by atoms with Gasteiger partial charge in [0.15, 0.2) is 0 Å².